The molecule has 0 atom stereocenters. The minimum atomic E-state index is 0.439. The van der Waals surface area contributed by atoms with Gasteiger partial charge in [0.2, 0.25) is 5.69 Å². The molecule has 4 saturated carbocycles. The van der Waals surface area contributed by atoms with E-state index in [2.05, 4.69) is 99.1 Å². The van der Waals surface area contributed by atoms with Gasteiger partial charge in [0.05, 0.1) is 10.9 Å². The lowest BCUT2D eigenvalue weighted by Crippen LogP contribution is -2.48. The highest BCUT2D eigenvalue weighted by Gasteiger charge is 2.51. The first-order valence-electron chi connectivity index (χ1n) is 14.0. The molecule has 0 amide bonds. The second kappa shape index (κ2) is 8.04. The van der Waals surface area contributed by atoms with Gasteiger partial charge in [-0.3, -0.25) is 0 Å². The molecule has 0 aliphatic heterocycles. The summed E-state index contributed by atoms with van der Waals surface area (Å²) in [5, 5.41) is 2.79. The van der Waals surface area contributed by atoms with Gasteiger partial charge in [-0.25, -0.2) is 0 Å². The Bertz CT molecular complexity index is 1460. The molecule has 3 aromatic carbocycles. The molecule has 8 rings (SSSR count). The van der Waals surface area contributed by atoms with E-state index in [0.29, 0.717) is 5.41 Å². The van der Waals surface area contributed by atoms with Crippen molar-refractivity contribution in [1.82, 2.24) is 0 Å². The van der Waals surface area contributed by atoms with Crippen LogP contribution in [0.5, 0.6) is 0 Å². The largest absolute Gasteiger partial charge is 0.220 e. The summed E-state index contributed by atoms with van der Waals surface area (Å²) in [6, 6.07) is 25.6. The molecule has 4 bridgehead atoms. The summed E-state index contributed by atoms with van der Waals surface area (Å²) in [7, 11) is 2.24. The molecule has 4 fully saturated rings. The van der Waals surface area contributed by atoms with E-state index >= 15 is 0 Å². The molecular formula is C35H38N+. The normalized spacial score (nSPS) is 26.6. The number of fused-ring (bicyclic) bond motifs is 1. The van der Waals surface area contributed by atoms with Gasteiger partial charge in [-0.1, -0.05) is 48.5 Å². The minimum absolute atomic E-state index is 0.439. The standard InChI is InChI=1S/C35H38N/c1-22-12-29(28-8-6-5-7-9-28)18-33(24(22)3)34-32-11-10-31(17-30(32)13-23(2)36(34)4)35-19-25-14-26(20-35)16-27(15-25)21-35/h5-13,17-18,25-27H,14-16,19-21H2,1-4H3/q+1. The third-order valence-electron chi connectivity index (χ3n) is 10.2. The van der Waals surface area contributed by atoms with Crippen LogP contribution in [0.3, 0.4) is 0 Å². The van der Waals surface area contributed by atoms with E-state index < -0.39 is 0 Å². The highest BCUT2D eigenvalue weighted by atomic mass is 14.9. The average molecular weight is 473 g/mol. The summed E-state index contributed by atoms with van der Waals surface area (Å²) in [5.74, 6) is 2.93. The Balaban J connectivity index is 1.40. The molecule has 4 aliphatic rings. The van der Waals surface area contributed by atoms with Crippen LogP contribution in [0.4, 0.5) is 0 Å². The fourth-order valence-electron chi connectivity index (χ4n) is 8.60. The Labute approximate surface area is 216 Å². The van der Waals surface area contributed by atoms with Gasteiger partial charge in [0.15, 0.2) is 5.69 Å². The Morgan fingerprint density at radius 1 is 0.722 bits per heavy atom. The van der Waals surface area contributed by atoms with Crippen molar-refractivity contribution in [2.24, 2.45) is 24.8 Å². The molecule has 1 heteroatoms. The summed E-state index contributed by atoms with van der Waals surface area (Å²) in [4.78, 5) is 0. The van der Waals surface area contributed by atoms with Gasteiger partial charge in [0, 0.05) is 13.0 Å². The summed E-state index contributed by atoms with van der Waals surface area (Å²) in [6.07, 6.45) is 8.78. The van der Waals surface area contributed by atoms with E-state index in [1.807, 2.05) is 0 Å². The molecule has 4 aromatic rings. The fourth-order valence-corrected chi connectivity index (χ4v) is 8.60. The molecule has 0 unspecified atom stereocenters. The van der Waals surface area contributed by atoms with E-state index in [-0.39, 0.29) is 0 Å². The quantitative estimate of drug-likeness (QED) is 0.264. The lowest BCUT2D eigenvalue weighted by molar-refractivity contribution is -0.665. The molecule has 1 heterocycles. The van der Waals surface area contributed by atoms with Crippen LogP contribution in [-0.4, -0.2) is 0 Å². The molecule has 0 radical (unpaired) electrons. The van der Waals surface area contributed by atoms with Crippen molar-refractivity contribution in [1.29, 1.82) is 0 Å². The molecule has 1 nitrogen and oxygen atoms in total. The second-order valence-electron chi connectivity index (χ2n) is 12.5. The smallest absolute Gasteiger partial charge is 0.198 e. The van der Waals surface area contributed by atoms with Crippen LogP contribution >= 0.6 is 0 Å². The predicted octanol–water partition coefficient (Wildman–Crippen LogP) is 8.39. The summed E-state index contributed by atoms with van der Waals surface area (Å²) < 4.78 is 2.41. The van der Waals surface area contributed by atoms with Gasteiger partial charge in [0.25, 0.3) is 0 Å². The van der Waals surface area contributed by atoms with E-state index in [1.54, 1.807) is 5.56 Å². The second-order valence-corrected chi connectivity index (χ2v) is 12.5. The SMILES string of the molecule is Cc1cc(-c2ccccc2)cc(-c2c3ccc(C45CC6CC(CC(C6)C4)C5)cc3cc(C)[n+]2C)c1C. The van der Waals surface area contributed by atoms with Crippen LogP contribution in [0.25, 0.3) is 33.2 Å². The molecular weight excluding hydrogens is 434 g/mol. The number of aryl methyl sites for hydroxylation is 2. The molecule has 1 aromatic heterocycles. The van der Waals surface area contributed by atoms with Gasteiger partial charge in [0.1, 0.15) is 7.05 Å². The Kier molecular flexibility index (Phi) is 4.97. The van der Waals surface area contributed by atoms with Gasteiger partial charge in [-0.05, 0) is 121 Å². The zero-order valence-electron chi connectivity index (χ0n) is 22.3. The molecule has 36 heavy (non-hydrogen) atoms. The van der Waals surface area contributed by atoms with Crippen molar-refractivity contribution in [2.45, 2.75) is 64.7 Å². The third-order valence-corrected chi connectivity index (χ3v) is 10.2. The molecule has 4 aliphatic carbocycles. The predicted molar refractivity (Wildman–Crippen MR) is 150 cm³/mol. The van der Waals surface area contributed by atoms with Crippen LogP contribution in [0.1, 0.15) is 60.9 Å². The van der Waals surface area contributed by atoms with Crippen molar-refractivity contribution in [3.8, 4) is 22.4 Å². The van der Waals surface area contributed by atoms with Crippen molar-refractivity contribution in [3.63, 3.8) is 0 Å². The maximum absolute atomic E-state index is 2.59. The first kappa shape index (κ1) is 22.3. The zero-order chi connectivity index (χ0) is 24.6. The van der Waals surface area contributed by atoms with Crippen LogP contribution in [0.2, 0.25) is 0 Å². The number of nitrogens with zero attached hydrogens (tertiary/aromatic N) is 1. The van der Waals surface area contributed by atoms with Crippen LogP contribution < -0.4 is 4.57 Å². The Hall–Kier alpha value is -2.93. The molecule has 0 spiro atoms. The third kappa shape index (κ3) is 3.39. The zero-order valence-corrected chi connectivity index (χ0v) is 22.3. The number of hydrogen-bond donors (Lipinski definition) is 0. The van der Waals surface area contributed by atoms with E-state index in [0.717, 1.165) is 17.8 Å². The highest BCUT2D eigenvalue weighted by molar-refractivity contribution is 5.95. The molecule has 0 saturated heterocycles. The van der Waals surface area contributed by atoms with Gasteiger partial charge in [-0.15, -0.1) is 0 Å². The van der Waals surface area contributed by atoms with E-state index in [1.165, 1.54) is 88.5 Å². The van der Waals surface area contributed by atoms with Crippen LogP contribution in [0.15, 0.2) is 66.7 Å². The Morgan fingerprint density at radius 2 is 1.39 bits per heavy atom. The maximum Gasteiger partial charge on any atom is 0.220 e. The van der Waals surface area contributed by atoms with Crippen molar-refractivity contribution < 1.29 is 4.57 Å². The monoisotopic (exact) mass is 472 g/mol. The average Bonchev–Trinajstić information content (AvgIpc) is 2.86. The fraction of sp³-hybridized carbons (Fsp3) is 0.400. The highest BCUT2D eigenvalue weighted by Crippen LogP contribution is 2.61. The van der Waals surface area contributed by atoms with Gasteiger partial charge >= 0.3 is 0 Å². The lowest BCUT2D eigenvalue weighted by Gasteiger charge is -2.57. The number of hydrogen-bond acceptors (Lipinski definition) is 0. The molecule has 0 N–H and O–H groups in total. The van der Waals surface area contributed by atoms with Crippen molar-refractivity contribution in [3.05, 3.63) is 89.1 Å². The topological polar surface area (TPSA) is 3.88 Å². The van der Waals surface area contributed by atoms with Crippen molar-refractivity contribution >= 4 is 10.8 Å². The van der Waals surface area contributed by atoms with Crippen LogP contribution in [-0.2, 0) is 12.5 Å². The summed E-state index contributed by atoms with van der Waals surface area (Å²) in [5.41, 5.74) is 11.4. The minimum Gasteiger partial charge on any atom is -0.198 e. The van der Waals surface area contributed by atoms with E-state index in [4.69, 9.17) is 0 Å². The maximum atomic E-state index is 2.59. The van der Waals surface area contributed by atoms with Crippen molar-refractivity contribution in [2.75, 3.05) is 0 Å². The number of benzene rings is 3. The number of rotatable bonds is 3. The first-order valence-corrected chi connectivity index (χ1v) is 14.0. The number of aromatic nitrogens is 1. The summed E-state index contributed by atoms with van der Waals surface area (Å²) in [6.45, 7) is 6.81. The number of pyridine rings is 1. The lowest BCUT2D eigenvalue weighted by atomic mass is 9.48. The first-order chi connectivity index (χ1) is 17.4. The van der Waals surface area contributed by atoms with E-state index in [9.17, 15) is 0 Å². The Morgan fingerprint density at radius 3 is 2.06 bits per heavy atom. The summed E-state index contributed by atoms with van der Waals surface area (Å²) >= 11 is 0. The van der Waals surface area contributed by atoms with Gasteiger partial charge < -0.3 is 0 Å². The van der Waals surface area contributed by atoms with Crippen LogP contribution in [0, 0.1) is 38.5 Å². The molecule has 182 valence electrons. The van der Waals surface area contributed by atoms with Gasteiger partial charge in [-0.2, -0.15) is 4.57 Å².